The highest BCUT2D eigenvalue weighted by Gasteiger charge is 2.16. The van der Waals surface area contributed by atoms with Crippen molar-refractivity contribution in [2.75, 3.05) is 5.32 Å². The second kappa shape index (κ2) is 7.03. The van der Waals surface area contributed by atoms with E-state index in [1.165, 1.54) is 6.92 Å². The quantitative estimate of drug-likeness (QED) is 0.714. The molecule has 0 saturated carbocycles. The second-order valence-corrected chi connectivity index (χ2v) is 6.22. The predicted octanol–water partition coefficient (Wildman–Crippen LogP) is 2.69. The number of carbonyl (C=O) groups excluding carboxylic acids is 2. The number of benzene rings is 1. The SMILES string of the molecule is CCc1nc2nc(C)c(CC(=O)Nc3cccc(C(C)=O)c3)c(C)n2n1. The maximum Gasteiger partial charge on any atom is 0.252 e. The van der Waals surface area contributed by atoms with E-state index < -0.39 is 0 Å². The van der Waals surface area contributed by atoms with Gasteiger partial charge in [0.15, 0.2) is 11.6 Å². The Kier molecular flexibility index (Phi) is 4.79. The molecule has 0 saturated heterocycles. The van der Waals surface area contributed by atoms with Crippen LogP contribution >= 0.6 is 0 Å². The molecule has 2 heterocycles. The number of aromatic nitrogens is 4. The highest BCUT2D eigenvalue weighted by molar-refractivity contribution is 5.97. The van der Waals surface area contributed by atoms with Crippen molar-refractivity contribution in [1.82, 2.24) is 19.6 Å². The summed E-state index contributed by atoms with van der Waals surface area (Å²) in [5, 5.41) is 7.27. The summed E-state index contributed by atoms with van der Waals surface area (Å²) in [6.45, 7) is 7.26. The molecule has 2 aromatic heterocycles. The molecule has 0 unspecified atom stereocenters. The van der Waals surface area contributed by atoms with E-state index in [9.17, 15) is 9.59 Å². The van der Waals surface area contributed by atoms with Gasteiger partial charge in [0.2, 0.25) is 5.91 Å². The summed E-state index contributed by atoms with van der Waals surface area (Å²) in [6, 6.07) is 6.90. The number of carbonyl (C=O) groups is 2. The highest BCUT2D eigenvalue weighted by Crippen LogP contribution is 2.16. The van der Waals surface area contributed by atoms with Crippen molar-refractivity contribution < 1.29 is 9.59 Å². The first-order chi connectivity index (χ1) is 12.4. The minimum atomic E-state index is -0.172. The molecule has 1 aromatic carbocycles. The molecule has 0 fully saturated rings. The van der Waals surface area contributed by atoms with Crippen molar-refractivity contribution in [3.63, 3.8) is 0 Å². The van der Waals surface area contributed by atoms with Gasteiger partial charge < -0.3 is 5.32 Å². The van der Waals surface area contributed by atoms with Gasteiger partial charge in [-0.3, -0.25) is 9.59 Å². The van der Waals surface area contributed by atoms with Crippen LogP contribution in [0.4, 0.5) is 5.69 Å². The first-order valence-electron chi connectivity index (χ1n) is 8.51. The number of hydrogen-bond donors (Lipinski definition) is 1. The van der Waals surface area contributed by atoms with Crippen molar-refractivity contribution >= 4 is 23.2 Å². The zero-order valence-electron chi connectivity index (χ0n) is 15.3. The molecule has 1 N–H and O–H groups in total. The van der Waals surface area contributed by atoms with Gasteiger partial charge in [-0.25, -0.2) is 9.50 Å². The average Bonchev–Trinajstić information content (AvgIpc) is 3.02. The number of amides is 1. The molecule has 26 heavy (non-hydrogen) atoms. The van der Waals surface area contributed by atoms with Crippen LogP contribution in [0.5, 0.6) is 0 Å². The zero-order chi connectivity index (χ0) is 18.8. The maximum atomic E-state index is 12.5. The van der Waals surface area contributed by atoms with E-state index in [1.54, 1.807) is 28.8 Å². The lowest BCUT2D eigenvalue weighted by Crippen LogP contribution is -2.18. The van der Waals surface area contributed by atoms with Crippen molar-refractivity contribution in [2.45, 2.75) is 40.5 Å². The Morgan fingerprint density at radius 2 is 1.96 bits per heavy atom. The second-order valence-electron chi connectivity index (χ2n) is 6.22. The molecule has 3 aromatic rings. The highest BCUT2D eigenvalue weighted by atomic mass is 16.1. The Hall–Kier alpha value is -3.09. The number of rotatable bonds is 5. The number of Topliss-reactive ketones (excluding diaryl/α,β-unsaturated/α-hetero) is 1. The van der Waals surface area contributed by atoms with Gasteiger partial charge in [-0.1, -0.05) is 19.1 Å². The summed E-state index contributed by atoms with van der Waals surface area (Å²) in [6.07, 6.45) is 0.899. The van der Waals surface area contributed by atoms with Crippen molar-refractivity contribution in [1.29, 1.82) is 0 Å². The summed E-state index contributed by atoms with van der Waals surface area (Å²) in [5.74, 6) is 1.06. The normalized spacial score (nSPS) is 10.9. The van der Waals surface area contributed by atoms with Gasteiger partial charge in [-0.05, 0) is 32.9 Å². The molecular formula is C19H21N5O2. The summed E-state index contributed by atoms with van der Waals surface area (Å²) < 4.78 is 1.69. The van der Waals surface area contributed by atoms with Gasteiger partial charge in [0.25, 0.3) is 5.78 Å². The van der Waals surface area contributed by atoms with Crippen LogP contribution in [0.2, 0.25) is 0 Å². The third kappa shape index (κ3) is 3.46. The fraction of sp³-hybridized carbons (Fsp3) is 0.316. The van der Waals surface area contributed by atoms with Crippen molar-refractivity contribution in [3.05, 3.63) is 52.6 Å². The van der Waals surface area contributed by atoms with Gasteiger partial charge in [-0.15, -0.1) is 5.10 Å². The molecule has 0 spiro atoms. The van der Waals surface area contributed by atoms with Gasteiger partial charge in [0.05, 0.1) is 6.42 Å². The fourth-order valence-electron chi connectivity index (χ4n) is 2.84. The third-order valence-corrected chi connectivity index (χ3v) is 4.30. The minimum absolute atomic E-state index is 0.0413. The molecule has 0 atom stereocenters. The van der Waals surface area contributed by atoms with Crippen LogP contribution in [0.25, 0.3) is 5.78 Å². The van der Waals surface area contributed by atoms with Crippen LogP contribution in [0.1, 0.15) is 47.0 Å². The molecule has 0 aliphatic rings. The molecule has 1 amide bonds. The Morgan fingerprint density at radius 3 is 2.65 bits per heavy atom. The number of aryl methyl sites for hydroxylation is 3. The van der Waals surface area contributed by atoms with Crippen LogP contribution in [0.3, 0.4) is 0 Å². The van der Waals surface area contributed by atoms with E-state index >= 15 is 0 Å². The standard InChI is InChI=1S/C19H21N5O2/c1-5-17-22-19-20-11(2)16(12(3)24(19)23-17)10-18(26)21-15-8-6-7-14(9-15)13(4)25/h6-9H,5,10H2,1-4H3,(H,21,26). The monoisotopic (exact) mass is 351 g/mol. The van der Waals surface area contributed by atoms with E-state index in [-0.39, 0.29) is 18.1 Å². The van der Waals surface area contributed by atoms with E-state index in [0.717, 1.165) is 29.2 Å². The summed E-state index contributed by atoms with van der Waals surface area (Å²) in [4.78, 5) is 32.8. The number of fused-ring (bicyclic) bond motifs is 1. The van der Waals surface area contributed by atoms with Gasteiger partial charge in [-0.2, -0.15) is 4.98 Å². The molecule has 0 radical (unpaired) electrons. The molecule has 7 nitrogen and oxygen atoms in total. The van der Waals surface area contributed by atoms with Crippen LogP contribution in [0, 0.1) is 13.8 Å². The maximum absolute atomic E-state index is 12.5. The Bertz CT molecular complexity index is 1010. The van der Waals surface area contributed by atoms with E-state index in [4.69, 9.17) is 0 Å². The number of nitrogens with one attached hydrogen (secondary N) is 1. The van der Waals surface area contributed by atoms with Crippen LogP contribution < -0.4 is 5.32 Å². The average molecular weight is 351 g/mol. The zero-order valence-corrected chi connectivity index (χ0v) is 15.3. The summed E-state index contributed by atoms with van der Waals surface area (Å²) in [5.41, 5.74) is 3.60. The van der Waals surface area contributed by atoms with Gasteiger partial charge in [0.1, 0.15) is 0 Å². The molecule has 134 valence electrons. The van der Waals surface area contributed by atoms with Gasteiger partial charge >= 0.3 is 0 Å². The lowest BCUT2D eigenvalue weighted by molar-refractivity contribution is -0.115. The third-order valence-electron chi connectivity index (χ3n) is 4.30. The number of anilines is 1. The number of hydrogen-bond acceptors (Lipinski definition) is 5. The molecule has 0 aliphatic heterocycles. The van der Waals surface area contributed by atoms with E-state index in [2.05, 4.69) is 20.4 Å². The van der Waals surface area contributed by atoms with E-state index in [0.29, 0.717) is 17.0 Å². The number of nitrogens with zero attached hydrogens (tertiary/aromatic N) is 4. The lowest BCUT2D eigenvalue weighted by atomic mass is 10.1. The van der Waals surface area contributed by atoms with Crippen LogP contribution in [-0.2, 0) is 17.6 Å². The molecular weight excluding hydrogens is 330 g/mol. The van der Waals surface area contributed by atoms with Crippen molar-refractivity contribution in [2.24, 2.45) is 0 Å². The molecule has 7 heteroatoms. The summed E-state index contributed by atoms with van der Waals surface area (Å²) in [7, 11) is 0. The van der Waals surface area contributed by atoms with Crippen molar-refractivity contribution in [3.8, 4) is 0 Å². The topological polar surface area (TPSA) is 89.2 Å². The first-order valence-corrected chi connectivity index (χ1v) is 8.51. The molecule has 0 aliphatic carbocycles. The Labute approximate surface area is 151 Å². The summed E-state index contributed by atoms with van der Waals surface area (Å²) >= 11 is 0. The predicted molar refractivity (Wildman–Crippen MR) is 98.4 cm³/mol. The van der Waals surface area contributed by atoms with Crippen LogP contribution in [-0.4, -0.2) is 31.3 Å². The lowest BCUT2D eigenvalue weighted by Gasteiger charge is -2.11. The van der Waals surface area contributed by atoms with Gasteiger partial charge in [0, 0.05) is 34.6 Å². The Balaban J connectivity index is 1.85. The molecule has 0 bridgehead atoms. The number of ketones is 1. The Morgan fingerprint density at radius 1 is 1.19 bits per heavy atom. The largest absolute Gasteiger partial charge is 0.326 e. The minimum Gasteiger partial charge on any atom is -0.326 e. The first kappa shape index (κ1) is 17.7. The van der Waals surface area contributed by atoms with E-state index in [1.807, 2.05) is 20.8 Å². The molecule has 3 rings (SSSR count). The van der Waals surface area contributed by atoms with Crippen LogP contribution in [0.15, 0.2) is 24.3 Å². The smallest absolute Gasteiger partial charge is 0.252 e. The fourth-order valence-corrected chi connectivity index (χ4v) is 2.84.